The molecule has 0 aromatic heterocycles. The summed E-state index contributed by atoms with van der Waals surface area (Å²) < 4.78 is 0. The average molecular weight is 192 g/mol. The van der Waals surface area contributed by atoms with Crippen LogP contribution in [0.4, 0.5) is 5.69 Å². The van der Waals surface area contributed by atoms with Crippen molar-refractivity contribution in [3.05, 3.63) is 29.8 Å². The highest BCUT2D eigenvalue weighted by atomic mass is 16.3. The van der Waals surface area contributed by atoms with Gasteiger partial charge in [-0.2, -0.15) is 0 Å². The Morgan fingerprint density at radius 3 is 3.07 bits per heavy atom. The molecule has 0 saturated heterocycles. The summed E-state index contributed by atoms with van der Waals surface area (Å²) in [7, 11) is 0. The summed E-state index contributed by atoms with van der Waals surface area (Å²) in [6.07, 6.45) is 0.474. The normalized spacial score (nSPS) is 16.9. The average Bonchev–Trinajstić information content (AvgIpc) is 2.61. The third-order valence-electron chi connectivity index (χ3n) is 2.61. The molecule has 1 aromatic carbocycles. The predicted octanol–water partition coefficient (Wildman–Crippen LogP) is 0.934. The predicted molar refractivity (Wildman–Crippen MR) is 57.2 cm³/mol. The maximum atomic E-state index is 9.81. The maximum absolute atomic E-state index is 9.81. The van der Waals surface area contributed by atoms with Gasteiger partial charge in [-0.05, 0) is 24.6 Å². The van der Waals surface area contributed by atoms with Gasteiger partial charge in [-0.3, -0.25) is 5.32 Å². The van der Waals surface area contributed by atoms with E-state index in [9.17, 15) is 5.11 Å². The van der Waals surface area contributed by atoms with Crippen molar-refractivity contribution in [1.82, 2.24) is 5.32 Å². The number of nitrogens with one attached hydrogen (secondary N) is 1. The number of nitrogens with zero attached hydrogens (tertiary/aromatic N) is 1. The van der Waals surface area contributed by atoms with Crippen molar-refractivity contribution in [2.45, 2.75) is 19.7 Å². The second-order valence-corrected chi connectivity index (χ2v) is 3.50. The quantitative estimate of drug-likeness (QED) is 0.699. The molecular formula is C11H16N2O. The Bertz CT molecular complexity index is 314. The highest BCUT2D eigenvalue weighted by Crippen LogP contribution is 2.27. The lowest BCUT2D eigenvalue weighted by Gasteiger charge is -2.26. The first-order chi connectivity index (χ1) is 6.83. The molecule has 0 aliphatic carbocycles. The van der Waals surface area contributed by atoms with E-state index in [2.05, 4.69) is 17.4 Å². The molecule has 1 aliphatic rings. The molecule has 76 valence electrons. The molecule has 3 nitrogen and oxygen atoms in total. The lowest BCUT2D eigenvalue weighted by Crippen LogP contribution is -2.44. The summed E-state index contributed by atoms with van der Waals surface area (Å²) in [6, 6.07) is 8.23. The van der Waals surface area contributed by atoms with Crippen LogP contribution in [-0.2, 0) is 6.42 Å². The molecule has 1 aromatic rings. The lowest BCUT2D eigenvalue weighted by molar-refractivity contribution is 0.136. The number of hydrogen-bond acceptors (Lipinski definition) is 3. The number of fused-ring (bicyclic) bond motifs is 1. The van der Waals surface area contributed by atoms with E-state index in [0.29, 0.717) is 0 Å². The fourth-order valence-electron chi connectivity index (χ4n) is 1.91. The number of aliphatic hydroxyl groups excluding tert-OH is 1. The van der Waals surface area contributed by atoms with E-state index in [-0.39, 0.29) is 0 Å². The Morgan fingerprint density at radius 1 is 1.50 bits per heavy atom. The number of rotatable bonds is 3. The Hall–Kier alpha value is -1.06. The van der Waals surface area contributed by atoms with E-state index >= 15 is 0 Å². The van der Waals surface area contributed by atoms with Crippen molar-refractivity contribution in [1.29, 1.82) is 0 Å². The third-order valence-corrected chi connectivity index (χ3v) is 2.61. The van der Waals surface area contributed by atoms with Crippen LogP contribution in [0.1, 0.15) is 12.5 Å². The van der Waals surface area contributed by atoms with Crippen molar-refractivity contribution in [2.24, 2.45) is 0 Å². The first-order valence-electron chi connectivity index (χ1n) is 5.09. The fourth-order valence-corrected chi connectivity index (χ4v) is 1.91. The number of anilines is 1. The van der Waals surface area contributed by atoms with Gasteiger partial charge in [0.2, 0.25) is 0 Å². The summed E-state index contributed by atoms with van der Waals surface area (Å²) in [5, 5.41) is 12.8. The minimum atomic E-state index is -0.552. The molecule has 2 N–H and O–H groups in total. The molecular weight excluding hydrogens is 176 g/mol. The molecule has 14 heavy (non-hydrogen) atoms. The van der Waals surface area contributed by atoms with Crippen molar-refractivity contribution < 1.29 is 5.11 Å². The van der Waals surface area contributed by atoms with Crippen LogP contribution >= 0.6 is 0 Å². The van der Waals surface area contributed by atoms with E-state index in [1.54, 1.807) is 0 Å². The van der Waals surface area contributed by atoms with Crippen LogP contribution in [-0.4, -0.2) is 24.5 Å². The summed E-state index contributed by atoms with van der Waals surface area (Å²) in [4.78, 5) is 2.00. The standard InChI is InChI=1S/C11H16N2O/c1-2-12-11(14)13-8-7-9-5-3-4-6-10(9)13/h3-6,11-12,14H,2,7-8H2,1H3. The summed E-state index contributed by atoms with van der Waals surface area (Å²) in [5.74, 6) is 0. The Morgan fingerprint density at radius 2 is 2.29 bits per heavy atom. The number of hydrogen-bond donors (Lipinski definition) is 2. The molecule has 0 amide bonds. The molecule has 0 spiro atoms. The van der Waals surface area contributed by atoms with Crippen LogP contribution in [0.5, 0.6) is 0 Å². The smallest absolute Gasteiger partial charge is 0.184 e. The minimum Gasteiger partial charge on any atom is -0.361 e. The number of para-hydroxylation sites is 1. The zero-order valence-corrected chi connectivity index (χ0v) is 8.40. The van der Waals surface area contributed by atoms with Crippen molar-refractivity contribution in [3.63, 3.8) is 0 Å². The van der Waals surface area contributed by atoms with E-state index in [1.807, 2.05) is 24.0 Å². The van der Waals surface area contributed by atoms with Crippen molar-refractivity contribution >= 4 is 5.69 Å². The van der Waals surface area contributed by atoms with Crippen LogP contribution in [0.2, 0.25) is 0 Å². The van der Waals surface area contributed by atoms with Gasteiger partial charge in [0.1, 0.15) is 0 Å². The lowest BCUT2D eigenvalue weighted by atomic mass is 10.2. The maximum Gasteiger partial charge on any atom is 0.184 e. The van der Waals surface area contributed by atoms with Crippen LogP contribution in [0.25, 0.3) is 0 Å². The minimum absolute atomic E-state index is 0.552. The van der Waals surface area contributed by atoms with Gasteiger partial charge < -0.3 is 10.0 Å². The Kier molecular flexibility index (Phi) is 2.70. The number of benzene rings is 1. The highest BCUT2D eigenvalue weighted by molar-refractivity contribution is 5.57. The SMILES string of the molecule is CCNC(O)N1CCc2ccccc21. The van der Waals surface area contributed by atoms with Crippen LogP contribution in [0.15, 0.2) is 24.3 Å². The molecule has 1 heterocycles. The highest BCUT2D eigenvalue weighted by Gasteiger charge is 2.23. The third kappa shape index (κ3) is 1.61. The van der Waals surface area contributed by atoms with Crippen LogP contribution in [0, 0.1) is 0 Å². The van der Waals surface area contributed by atoms with Gasteiger partial charge in [0.25, 0.3) is 0 Å². The summed E-state index contributed by atoms with van der Waals surface area (Å²) in [6.45, 7) is 3.67. The van der Waals surface area contributed by atoms with Crippen molar-refractivity contribution in [3.8, 4) is 0 Å². The van der Waals surface area contributed by atoms with E-state index in [4.69, 9.17) is 0 Å². The Balaban J connectivity index is 2.17. The van der Waals surface area contributed by atoms with E-state index in [1.165, 1.54) is 5.56 Å². The van der Waals surface area contributed by atoms with E-state index < -0.39 is 6.35 Å². The first-order valence-corrected chi connectivity index (χ1v) is 5.09. The van der Waals surface area contributed by atoms with Gasteiger partial charge in [0.15, 0.2) is 6.35 Å². The monoisotopic (exact) mass is 192 g/mol. The van der Waals surface area contributed by atoms with Gasteiger partial charge in [-0.25, -0.2) is 0 Å². The second kappa shape index (κ2) is 3.98. The molecule has 0 radical (unpaired) electrons. The topological polar surface area (TPSA) is 35.5 Å². The van der Waals surface area contributed by atoms with Gasteiger partial charge in [-0.15, -0.1) is 0 Å². The van der Waals surface area contributed by atoms with Crippen molar-refractivity contribution in [2.75, 3.05) is 18.0 Å². The van der Waals surface area contributed by atoms with Crippen LogP contribution < -0.4 is 10.2 Å². The molecule has 3 heteroatoms. The molecule has 1 unspecified atom stereocenters. The largest absolute Gasteiger partial charge is 0.361 e. The molecule has 0 saturated carbocycles. The summed E-state index contributed by atoms with van der Waals surface area (Å²) >= 11 is 0. The second-order valence-electron chi connectivity index (χ2n) is 3.50. The van der Waals surface area contributed by atoms with E-state index in [0.717, 1.165) is 25.2 Å². The van der Waals surface area contributed by atoms with Gasteiger partial charge in [0.05, 0.1) is 0 Å². The zero-order valence-electron chi connectivity index (χ0n) is 8.40. The van der Waals surface area contributed by atoms with Crippen LogP contribution in [0.3, 0.4) is 0 Å². The van der Waals surface area contributed by atoms with Gasteiger partial charge in [-0.1, -0.05) is 25.1 Å². The number of aliphatic hydroxyl groups is 1. The molecule has 2 rings (SSSR count). The fraction of sp³-hybridized carbons (Fsp3) is 0.455. The molecule has 0 fully saturated rings. The molecule has 1 atom stereocenters. The molecule has 0 bridgehead atoms. The Labute approximate surface area is 84.4 Å². The van der Waals surface area contributed by atoms with Gasteiger partial charge in [0, 0.05) is 12.2 Å². The summed E-state index contributed by atoms with van der Waals surface area (Å²) in [5.41, 5.74) is 2.48. The van der Waals surface area contributed by atoms with Gasteiger partial charge >= 0.3 is 0 Å². The zero-order chi connectivity index (χ0) is 9.97. The first kappa shape index (κ1) is 9.49. The molecule has 1 aliphatic heterocycles.